The van der Waals surface area contributed by atoms with Gasteiger partial charge in [0.2, 0.25) is 5.91 Å². The van der Waals surface area contributed by atoms with Crippen LogP contribution < -0.4 is 5.32 Å². The van der Waals surface area contributed by atoms with Gasteiger partial charge in [-0.1, -0.05) is 65.1 Å². The third kappa shape index (κ3) is 4.63. The number of nitrogens with zero attached hydrogens (tertiary/aromatic N) is 1. The van der Waals surface area contributed by atoms with Crippen molar-refractivity contribution in [1.29, 1.82) is 0 Å². The predicted molar refractivity (Wildman–Crippen MR) is 132 cm³/mol. The summed E-state index contributed by atoms with van der Waals surface area (Å²) in [5, 5.41) is 14.3. The fourth-order valence-corrected chi connectivity index (χ4v) is 5.91. The average molecular weight is 566 g/mol. The zero-order valence-corrected chi connectivity index (χ0v) is 20.1. The molecule has 0 radical (unpaired) electrons. The molecule has 2 aliphatic rings. The predicted octanol–water partition coefficient (Wildman–Crippen LogP) is 3.66. The van der Waals surface area contributed by atoms with Gasteiger partial charge >= 0.3 is 5.97 Å². The van der Waals surface area contributed by atoms with Gasteiger partial charge in [-0.3, -0.25) is 14.5 Å². The summed E-state index contributed by atoms with van der Waals surface area (Å²) in [5.74, 6) is -1.07. The van der Waals surface area contributed by atoms with Crippen LogP contribution in [0.1, 0.15) is 0 Å². The van der Waals surface area contributed by atoms with Crippen molar-refractivity contribution in [3.8, 4) is 0 Å². The second-order valence-corrected chi connectivity index (χ2v) is 10.0. The van der Waals surface area contributed by atoms with Gasteiger partial charge in [0.1, 0.15) is 17.1 Å². The number of fused-ring (bicyclic) bond motifs is 2. The van der Waals surface area contributed by atoms with E-state index in [1.807, 2.05) is 48.5 Å². The van der Waals surface area contributed by atoms with Gasteiger partial charge in [0.25, 0.3) is 5.91 Å². The molecule has 2 aromatic carbocycles. The maximum absolute atomic E-state index is 12.7. The molecular formula is C22H19IN2O4S2. The van der Waals surface area contributed by atoms with Gasteiger partial charge in [-0.15, -0.1) is 23.5 Å². The van der Waals surface area contributed by atoms with Crippen LogP contribution >= 0.6 is 46.1 Å². The molecule has 0 bridgehead atoms. The van der Waals surface area contributed by atoms with Crippen LogP contribution in [0, 0.1) is 0 Å². The first-order chi connectivity index (χ1) is 15.0. The number of rotatable bonds is 7. The van der Waals surface area contributed by atoms with E-state index in [1.165, 1.54) is 28.4 Å². The summed E-state index contributed by atoms with van der Waals surface area (Å²) in [6, 6.07) is 13.4. The van der Waals surface area contributed by atoms with Gasteiger partial charge < -0.3 is 10.4 Å². The first-order valence-corrected chi connectivity index (χ1v) is 13.1. The minimum Gasteiger partial charge on any atom is -0.477 e. The lowest BCUT2D eigenvalue weighted by molar-refractivity contribution is -0.150. The molecule has 2 heterocycles. The molecule has 160 valence electrons. The highest BCUT2D eigenvalue weighted by atomic mass is 127. The van der Waals surface area contributed by atoms with Crippen LogP contribution in [0.2, 0.25) is 0 Å². The quantitative estimate of drug-likeness (QED) is 0.230. The van der Waals surface area contributed by atoms with Crippen molar-refractivity contribution in [3.05, 3.63) is 65.9 Å². The Bertz CT molecular complexity index is 1120. The maximum Gasteiger partial charge on any atom is 0.352 e. The number of carboxylic acid groups (broad SMARTS) is 1. The summed E-state index contributed by atoms with van der Waals surface area (Å²) in [6.45, 7) is 0. The Morgan fingerprint density at radius 1 is 1.26 bits per heavy atom. The summed E-state index contributed by atoms with van der Waals surface area (Å²) in [5.41, 5.74) is 0.640. The number of benzene rings is 2. The van der Waals surface area contributed by atoms with Crippen molar-refractivity contribution in [3.63, 3.8) is 0 Å². The Labute approximate surface area is 201 Å². The molecule has 9 heteroatoms. The Balaban J connectivity index is 1.38. The van der Waals surface area contributed by atoms with Crippen LogP contribution in [0.15, 0.2) is 70.8 Å². The third-order valence-electron chi connectivity index (χ3n) is 5.02. The topological polar surface area (TPSA) is 86.7 Å². The minimum atomic E-state index is -1.12. The molecule has 4 rings (SSSR count). The van der Waals surface area contributed by atoms with Crippen LogP contribution in [0.4, 0.5) is 0 Å². The molecule has 0 saturated carbocycles. The van der Waals surface area contributed by atoms with Gasteiger partial charge in [-0.05, 0) is 28.5 Å². The van der Waals surface area contributed by atoms with Crippen LogP contribution in [0.5, 0.6) is 0 Å². The lowest BCUT2D eigenvalue weighted by Gasteiger charge is -2.49. The molecule has 2 atom stereocenters. The number of nitrogens with one attached hydrogen (secondary N) is 1. The van der Waals surface area contributed by atoms with E-state index < -0.39 is 12.0 Å². The number of carboxylic acids is 1. The van der Waals surface area contributed by atoms with Gasteiger partial charge in [-0.25, -0.2) is 4.79 Å². The summed E-state index contributed by atoms with van der Waals surface area (Å²) in [4.78, 5) is 39.2. The fourth-order valence-electron chi connectivity index (χ4n) is 3.58. The summed E-state index contributed by atoms with van der Waals surface area (Å²) in [7, 11) is 0. The van der Waals surface area contributed by atoms with Crippen molar-refractivity contribution in [1.82, 2.24) is 10.2 Å². The molecule has 2 N–H and O–H groups in total. The van der Waals surface area contributed by atoms with E-state index in [1.54, 1.807) is 6.08 Å². The molecule has 1 fully saturated rings. The van der Waals surface area contributed by atoms with Gasteiger partial charge in [0.05, 0.1) is 5.75 Å². The standard InChI is InChI=1S/C22H19IN2O4S2/c23-9-3-6-15-11-31-21-18(20(27)25(21)19(15)22(28)29)24-17(26)12-30-16-8-7-13-4-1-2-5-14(13)10-16/h1-8,10,18,21H,9,11-12H2,(H,24,26)(H,28,29)/t18-,21-/m1/s1. The van der Waals surface area contributed by atoms with Crippen molar-refractivity contribution < 1.29 is 19.5 Å². The van der Waals surface area contributed by atoms with E-state index in [0.717, 1.165) is 20.1 Å². The number of aliphatic carboxylic acids is 1. The Morgan fingerprint density at radius 2 is 2.03 bits per heavy atom. The number of hydrogen-bond donors (Lipinski definition) is 2. The summed E-state index contributed by atoms with van der Waals surface area (Å²) >= 11 is 5.05. The molecule has 6 nitrogen and oxygen atoms in total. The van der Waals surface area contributed by atoms with E-state index in [4.69, 9.17) is 0 Å². The molecule has 2 amide bonds. The number of allylic oxidation sites excluding steroid dienone is 2. The SMILES string of the molecule is O=C(CSc1ccc2ccccc2c1)N[C@@H]1C(=O)N2C(C(=O)O)=C(C=CCI)CS[C@H]12. The Kier molecular flexibility index (Phi) is 6.92. The fraction of sp³-hybridized carbons (Fsp3) is 0.227. The highest BCUT2D eigenvalue weighted by Gasteiger charge is 2.53. The number of halogens is 1. The molecule has 0 spiro atoms. The van der Waals surface area contributed by atoms with E-state index in [2.05, 4.69) is 27.9 Å². The first-order valence-electron chi connectivity index (χ1n) is 9.54. The number of carbonyl (C=O) groups is 3. The van der Waals surface area contributed by atoms with Crippen molar-refractivity contribution in [2.45, 2.75) is 16.3 Å². The van der Waals surface area contributed by atoms with Crippen molar-refractivity contribution >= 4 is 74.7 Å². The van der Waals surface area contributed by atoms with E-state index in [0.29, 0.717) is 11.3 Å². The van der Waals surface area contributed by atoms with E-state index >= 15 is 0 Å². The average Bonchev–Trinajstić information content (AvgIpc) is 2.78. The number of alkyl halides is 1. The summed E-state index contributed by atoms with van der Waals surface area (Å²) in [6.07, 6.45) is 3.63. The monoisotopic (exact) mass is 566 g/mol. The molecular weight excluding hydrogens is 547 g/mol. The highest BCUT2D eigenvalue weighted by Crippen LogP contribution is 2.40. The zero-order chi connectivity index (χ0) is 22.0. The Morgan fingerprint density at radius 3 is 2.77 bits per heavy atom. The van der Waals surface area contributed by atoms with E-state index in [9.17, 15) is 19.5 Å². The molecule has 0 unspecified atom stereocenters. The number of amides is 2. The molecule has 0 aliphatic carbocycles. The van der Waals surface area contributed by atoms with Crippen LogP contribution in [-0.4, -0.2) is 55.1 Å². The Hall–Kier alpha value is -1.98. The summed E-state index contributed by atoms with van der Waals surface area (Å²) < 4.78 is 0.754. The molecule has 1 saturated heterocycles. The van der Waals surface area contributed by atoms with Crippen LogP contribution in [0.3, 0.4) is 0 Å². The van der Waals surface area contributed by atoms with Gasteiger partial charge in [0, 0.05) is 15.1 Å². The molecule has 2 aromatic rings. The number of β-lactam (4-membered cyclic amide) rings is 1. The number of thioether (sulfide) groups is 2. The smallest absolute Gasteiger partial charge is 0.352 e. The largest absolute Gasteiger partial charge is 0.477 e. The molecule has 31 heavy (non-hydrogen) atoms. The lowest BCUT2D eigenvalue weighted by Crippen LogP contribution is -2.70. The van der Waals surface area contributed by atoms with E-state index in [-0.39, 0.29) is 28.6 Å². The lowest BCUT2D eigenvalue weighted by atomic mass is 10.0. The highest BCUT2D eigenvalue weighted by molar-refractivity contribution is 14.1. The minimum absolute atomic E-state index is 0.0193. The second-order valence-electron chi connectivity index (χ2n) is 6.99. The first kappa shape index (κ1) is 22.2. The van der Waals surface area contributed by atoms with Crippen molar-refractivity contribution in [2.75, 3.05) is 15.9 Å². The normalized spacial score (nSPS) is 20.7. The van der Waals surface area contributed by atoms with Crippen LogP contribution in [-0.2, 0) is 14.4 Å². The van der Waals surface area contributed by atoms with Gasteiger partial charge in [-0.2, -0.15) is 0 Å². The van der Waals surface area contributed by atoms with Gasteiger partial charge in [0.15, 0.2) is 0 Å². The maximum atomic E-state index is 12.7. The van der Waals surface area contributed by atoms with Crippen molar-refractivity contribution in [2.24, 2.45) is 0 Å². The zero-order valence-electron chi connectivity index (χ0n) is 16.3. The number of hydrogen-bond acceptors (Lipinski definition) is 5. The molecule has 0 aromatic heterocycles. The third-order valence-corrected chi connectivity index (χ3v) is 7.82. The van der Waals surface area contributed by atoms with Crippen LogP contribution in [0.25, 0.3) is 10.8 Å². The number of carbonyl (C=O) groups excluding carboxylic acids is 2. The molecule has 2 aliphatic heterocycles. The second kappa shape index (κ2) is 9.66.